The number of fused-ring (bicyclic) bond motifs is 2. The first kappa shape index (κ1) is 19.7. The number of hydrogen-bond acceptors (Lipinski definition) is 6. The molecule has 0 atom stereocenters. The minimum Gasteiger partial charge on any atom is -0.494 e. The summed E-state index contributed by atoms with van der Waals surface area (Å²) in [5, 5.41) is 1.10. The summed E-state index contributed by atoms with van der Waals surface area (Å²) in [7, 11) is 0. The van der Waals surface area contributed by atoms with Crippen LogP contribution in [0.5, 0.6) is 5.75 Å². The van der Waals surface area contributed by atoms with Crippen molar-refractivity contribution in [2.75, 3.05) is 33.0 Å². The lowest BCUT2D eigenvalue weighted by Crippen LogP contribution is -2.22. The third-order valence-corrected chi connectivity index (χ3v) is 7.09. The Hall–Kier alpha value is -2.28. The third-order valence-electron chi connectivity index (χ3n) is 5.82. The van der Waals surface area contributed by atoms with E-state index in [2.05, 4.69) is 65.3 Å². The molecule has 0 N–H and O–H groups in total. The summed E-state index contributed by atoms with van der Waals surface area (Å²) in [6.07, 6.45) is 1.02. The van der Waals surface area contributed by atoms with E-state index in [9.17, 15) is 0 Å². The molecule has 0 saturated carbocycles. The van der Waals surface area contributed by atoms with Crippen LogP contribution < -0.4 is 4.74 Å². The number of ether oxygens (including phenoxy) is 2. The summed E-state index contributed by atoms with van der Waals surface area (Å²) in [6, 6.07) is 17.1. The second-order valence-corrected chi connectivity index (χ2v) is 8.83. The highest BCUT2D eigenvalue weighted by Crippen LogP contribution is 2.43. The van der Waals surface area contributed by atoms with Gasteiger partial charge < -0.3 is 14.4 Å². The molecule has 3 aliphatic rings. The van der Waals surface area contributed by atoms with Crippen LogP contribution in [0, 0.1) is 0 Å². The molecule has 1 saturated heterocycles. The molecule has 0 bridgehead atoms. The van der Waals surface area contributed by atoms with E-state index in [1.165, 1.54) is 27.3 Å². The van der Waals surface area contributed by atoms with E-state index in [0.29, 0.717) is 0 Å². The predicted octanol–water partition coefficient (Wildman–Crippen LogP) is 4.55. The van der Waals surface area contributed by atoms with Crippen LogP contribution in [-0.4, -0.2) is 48.0 Å². The van der Waals surface area contributed by atoms with Crippen LogP contribution in [0.25, 0.3) is 4.91 Å². The van der Waals surface area contributed by atoms with Crippen molar-refractivity contribution >= 4 is 21.8 Å². The quantitative estimate of drug-likeness (QED) is 0.640. The molecule has 3 heterocycles. The topological polar surface area (TPSA) is 37.3 Å². The lowest BCUT2D eigenvalue weighted by Gasteiger charge is -2.19. The van der Waals surface area contributed by atoms with Gasteiger partial charge in [-0.15, -0.1) is 0 Å². The number of hydrogen-bond donors (Lipinski definition) is 0. The van der Waals surface area contributed by atoms with Gasteiger partial charge in [0, 0.05) is 23.7 Å². The normalized spacial score (nSPS) is 18.8. The number of amidine groups is 1. The Morgan fingerprint density at radius 3 is 2.73 bits per heavy atom. The zero-order valence-electron chi connectivity index (χ0n) is 17.3. The first-order valence-electron chi connectivity index (χ1n) is 10.6. The fourth-order valence-electron chi connectivity index (χ4n) is 4.06. The standard InChI is InChI=1S/C24H27N3O2S/c1-18-23(30-24-25-15-20-5-2-3-6-21(20)16-27(18)24)19-7-9-22(10-8-19)29-13-4-11-26-12-14-28-17-26/h2-3,5-10H,4,11-17H2,1H3. The van der Waals surface area contributed by atoms with Crippen LogP contribution in [0.15, 0.2) is 59.2 Å². The highest BCUT2D eigenvalue weighted by molar-refractivity contribution is 8.22. The highest BCUT2D eigenvalue weighted by atomic mass is 32.2. The molecule has 0 radical (unpaired) electrons. The Bertz CT molecular complexity index is 965. The maximum atomic E-state index is 5.94. The summed E-state index contributed by atoms with van der Waals surface area (Å²) in [4.78, 5) is 10.8. The zero-order valence-corrected chi connectivity index (χ0v) is 18.2. The number of nitrogens with zero attached hydrogens (tertiary/aromatic N) is 3. The molecule has 6 heteroatoms. The van der Waals surface area contributed by atoms with E-state index in [4.69, 9.17) is 14.5 Å². The number of thioether (sulfide) groups is 1. The Balaban J connectivity index is 1.22. The minimum absolute atomic E-state index is 0.732. The van der Waals surface area contributed by atoms with Crippen molar-refractivity contribution < 1.29 is 9.47 Å². The van der Waals surface area contributed by atoms with Gasteiger partial charge in [-0.1, -0.05) is 36.4 Å². The first-order valence-corrected chi connectivity index (χ1v) is 11.4. The van der Waals surface area contributed by atoms with Crippen molar-refractivity contribution in [1.82, 2.24) is 9.80 Å². The Kier molecular flexibility index (Phi) is 5.79. The minimum atomic E-state index is 0.732. The van der Waals surface area contributed by atoms with Gasteiger partial charge in [0.1, 0.15) is 5.75 Å². The fourth-order valence-corrected chi connectivity index (χ4v) is 5.19. The molecule has 3 aliphatic heterocycles. The van der Waals surface area contributed by atoms with Crippen molar-refractivity contribution in [3.63, 3.8) is 0 Å². The van der Waals surface area contributed by atoms with Crippen LogP contribution in [0.3, 0.4) is 0 Å². The monoisotopic (exact) mass is 421 g/mol. The molecule has 0 aromatic heterocycles. The van der Waals surface area contributed by atoms with Gasteiger partial charge in [-0.25, -0.2) is 0 Å². The Morgan fingerprint density at radius 1 is 1.10 bits per heavy atom. The Labute approximate surface area is 182 Å². The van der Waals surface area contributed by atoms with Crippen molar-refractivity contribution in [3.05, 3.63) is 70.9 Å². The molecule has 0 amide bonds. The molecule has 2 aromatic rings. The summed E-state index contributed by atoms with van der Waals surface area (Å²) >= 11 is 1.78. The molecule has 1 fully saturated rings. The predicted molar refractivity (Wildman–Crippen MR) is 122 cm³/mol. The van der Waals surface area contributed by atoms with E-state index < -0.39 is 0 Å². The van der Waals surface area contributed by atoms with Gasteiger partial charge in [-0.05, 0) is 53.9 Å². The second kappa shape index (κ2) is 8.84. The molecule has 2 aromatic carbocycles. The van der Waals surface area contributed by atoms with Crippen molar-refractivity contribution in [2.45, 2.75) is 26.4 Å². The van der Waals surface area contributed by atoms with Crippen LogP contribution >= 0.6 is 11.8 Å². The zero-order chi connectivity index (χ0) is 20.3. The smallest absolute Gasteiger partial charge is 0.169 e. The largest absolute Gasteiger partial charge is 0.494 e. The molecule has 5 rings (SSSR count). The lowest BCUT2D eigenvalue weighted by atomic mass is 10.1. The van der Waals surface area contributed by atoms with Gasteiger partial charge in [0.25, 0.3) is 0 Å². The van der Waals surface area contributed by atoms with Crippen molar-refractivity contribution in [3.8, 4) is 5.75 Å². The molecular weight excluding hydrogens is 394 g/mol. The van der Waals surface area contributed by atoms with Gasteiger partial charge in [-0.2, -0.15) is 0 Å². The molecule has 0 aliphatic carbocycles. The first-order chi connectivity index (χ1) is 14.8. The summed E-state index contributed by atoms with van der Waals surface area (Å²) < 4.78 is 11.3. The van der Waals surface area contributed by atoms with Crippen LogP contribution in [-0.2, 0) is 17.8 Å². The average Bonchev–Trinajstić information content (AvgIpc) is 3.35. The summed E-state index contributed by atoms with van der Waals surface area (Å²) in [6.45, 7) is 8.26. The molecule has 30 heavy (non-hydrogen) atoms. The maximum absolute atomic E-state index is 5.94. The van der Waals surface area contributed by atoms with Crippen LogP contribution in [0.2, 0.25) is 0 Å². The van der Waals surface area contributed by atoms with E-state index in [1.54, 1.807) is 11.8 Å². The highest BCUT2D eigenvalue weighted by Gasteiger charge is 2.29. The molecular formula is C24H27N3O2S. The van der Waals surface area contributed by atoms with E-state index >= 15 is 0 Å². The molecule has 0 unspecified atom stereocenters. The fraction of sp³-hybridized carbons (Fsp3) is 0.375. The number of rotatable bonds is 6. The van der Waals surface area contributed by atoms with E-state index in [0.717, 1.165) is 63.5 Å². The number of benzene rings is 2. The van der Waals surface area contributed by atoms with Crippen molar-refractivity contribution in [1.29, 1.82) is 0 Å². The van der Waals surface area contributed by atoms with E-state index in [1.807, 2.05) is 0 Å². The molecule has 0 spiro atoms. The summed E-state index contributed by atoms with van der Waals surface area (Å²) in [5.41, 5.74) is 5.19. The van der Waals surface area contributed by atoms with Gasteiger partial charge in [0.05, 0.1) is 33.0 Å². The van der Waals surface area contributed by atoms with E-state index in [-0.39, 0.29) is 0 Å². The van der Waals surface area contributed by atoms with Crippen molar-refractivity contribution in [2.24, 2.45) is 4.99 Å². The van der Waals surface area contributed by atoms with Gasteiger partial charge in [0.2, 0.25) is 0 Å². The third kappa shape index (κ3) is 4.13. The number of aliphatic imine (C=N–C) groups is 1. The summed E-state index contributed by atoms with van der Waals surface area (Å²) in [5.74, 6) is 0.929. The number of allylic oxidation sites excluding steroid dienone is 1. The van der Waals surface area contributed by atoms with Gasteiger partial charge >= 0.3 is 0 Å². The SMILES string of the molecule is CC1=C(c2ccc(OCCCN3CCOC3)cc2)SC2=NCc3ccccc3CN21. The van der Waals surface area contributed by atoms with Crippen LogP contribution in [0.1, 0.15) is 30.0 Å². The average molecular weight is 422 g/mol. The lowest BCUT2D eigenvalue weighted by molar-refractivity contribution is 0.136. The molecule has 156 valence electrons. The van der Waals surface area contributed by atoms with Gasteiger partial charge in [0.15, 0.2) is 5.17 Å². The Morgan fingerprint density at radius 2 is 1.93 bits per heavy atom. The second-order valence-electron chi connectivity index (χ2n) is 7.85. The van der Waals surface area contributed by atoms with Crippen LogP contribution in [0.4, 0.5) is 0 Å². The maximum Gasteiger partial charge on any atom is 0.169 e. The van der Waals surface area contributed by atoms with Gasteiger partial charge in [-0.3, -0.25) is 9.89 Å². The molecule has 5 nitrogen and oxygen atoms in total.